The summed E-state index contributed by atoms with van der Waals surface area (Å²) in [6, 6.07) is 17.8. The van der Waals surface area contributed by atoms with Crippen molar-refractivity contribution in [3.05, 3.63) is 70.8 Å². The average molecular weight is 444 g/mol. The van der Waals surface area contributed by atoms with Gasteiger partial charge in [0.1, 0.15) is 0 Å². The van der Waals surface area contributed by atoms with Gasteiger partial charge in [0.15, 0.2) is 0 Å². The number of hydrogen-bond donors (Lipinski definition) is 2. The molecule has 0 aromatic heterocycles. The highest BCUT2D eigenvalue weighted by Crippen LogP contribution is 2.55. The monoisotopic (exact) mass is 443 g/mol. The Balaban J connectivity index is 1.13. The number of carbonyl (C=O) groups excluding carboxylic acids is 2. The van der Waals surface area contributed by atoms with Gasteiger partial charge in [0.25, 0.3) is 0 Å². The molecule has 1 saturated heterocycles. The normalized spacial score (nSPS) is 31.4. The van der Waals surface area contributed by atoms with Crippen molar-refractivity contribution in [3.63, 3.8) is 0 Å². The van der Waals surface area contributed by atoms with Crippen LogP contribution in [0.2, 0.25) is 0 Å². The second-order valence-electron chi connectivity index (χ2n) is 10.5. The van der Waals surface area contributed by atoms with Crippen molar-refractivity contribution in [2.75, 3.05) is 19.6 Å². The summed E-state index contributed by atoms with van der Waals surface area (Å²) < 4.78 is 0. The number of urea groups is 1. The van der Waals surface area contributed by atoms with Gasteiger partial charge in [0.2, 0.25) is 5.91 Å². The van der Waals surface area contributed by atoms with Crippen LogP contribution in [0.25, 0.3) is 0 Å². The Morgan fingerprint density at radius 1 is 0.939 bits per heavy atom. The zero-order valence-electron chi connectivity index (χ0n) is 19.3. The SMILES string of the molecule is CC(=O)N1CC2CCCC(NC(=O)NCC3CC4c5ccccc5C3c3ccccc34)C2C1. The van der Waals surface area contributed by atoms with Crippen molar-refractivity contribution in [2.45, 2.75) is 50.5 Å². The van der Waals surface area contributed by atoms with E-state index in [1.165, 1.54) is 22.3 Å². The molecule has 2 bridgehead atoms. The molecule has 3 amide bonds. The summed E-state index contributed by atoms with van der Waals surface area (Å²) in [6.07, 6.45) is 4.38. The predicted molar refractivity (Wildman–Crippen MR) is 128 cm³/mol. The maximum atomic E-state index is 13.0. The second kappa shape index (κ2) is 8.19. The number of nitrogens with zero attached hydrogens (tertiary/aromatic N) is 1. The molecule has 2 aromatic carbocycles. The number of likely N-dealkylation sites (tertiary alicyclic amines) is 1. The number of amides is 3. The lowest BCUT2D eigenvalue weighted by Crippen LogP contribution is -2.50. The standard InChI is InChI=1S/C28H33N3O2/c1-17(32)31-15-18-7-6-12-26(25(18)16-31)30-28(33)29-14-19-13-24-20-8-2-4-10-22(20)27(19)23-11-5-3-9-21(23)24/h2-5,8-11,18-19,24-27H,6-7,12-16H2,1H3,(H2,29,30,33). The van der Waals surface area contributed by atoms with Crippen molar-refractivity contribution < 1.29 is 9.59 Å². The van der Waals surface area contributed by atoms with Gasteiger partial charge >= 0.3 is 6.03 Å². The van der Waals surface area contributed by atoms with Crippen LogP contribution in [-0.4, -0.2) is 42.5 Å². The van der Waals surface area contributed by atoms with E-state index in [4.69, 9.17) is 0 Å². The average Bonchev–Trinajstić information content (AvgIpc) is 3.29. The van der Waals surface area contributed by atoms with Gasteiger partial charge in [-0.2, -0.15) is 0 Å². The molecule has 5 heteroatoms. The predicted octanol–water partition coefficient (Wildman–Crippen LogP) is 4.23. The van der Waals surface area contributed by atoms with E-state index in [-0.39, 0.29) is 18.0 Å². The summed E-state index contributed by atoms with van der Waals surface area (Å²) in [6.45, 7) is 3.98. The number of fused-ring (bicyclic) bond motifs is 2. The molecule has 2 N–H and O–H groups in total. The van der Waals surface area contributed by atoms with E-state index in [2.05, 4.69) is 59.2 Å². The van der Waals surface area contributed by atoms with E-state index in [1.807, 2.05) is 4.90 Å². The van der Waals surface area contributed by atoms with Crippen molar-refractivity contribution in [3.8, 4) is 0 Å². The van der Waals surface area contributed by atoms with Crippen LogP contribution >= 0.6 is 0 Å². The smallest absolute Gasteiger partial charge is 0.315 e. The minimum absolute atomic E-state index is 0.0510. The molecule has 1 heterocycles. The Morgan fingerprint density at radius 3 is 2.27 bits per heavy atom. The Kier molecular flexibility index (Phi) is 5.16. The Hall–Kier alpha value is -2.82. The van der Waals surface area contributed by atoms with Crippen molar-refractivity contribution in [2.24, 2.45) is 17.8 Å². The van der Waals surface area contributed by atoms with Gasteiger partial charge in [-0.25, -0.2) is 4.79 Å². The molecule has 5 nitrogen and oxygen atoms in total. The third kappa shape index (κ3) is 3.53. The van der Waals surface area contributed by atoms with Gasteiger partial charge < -0.3 is 15.5 Å². The Morgan fingerprint density at radius 2 is 1.61 bits per heavy atom. The van der Waals surface area contributed by atoms with Crippen LogP contribution in [0.3, 0.4) is 0 Å². The first-order valence-electron chi connectivity index (χ1n) is 12.6. The second-order valence-corrected chi connectivity index (χ2v) is 10.5. The number of hydrogen-bond acceptors (Lipinski definition) is 2. The van der Waals surface area contributed by atoms with Crippen molar-refractivity contribution >= 4 is 11.9 Å². The van der Waals surface area contributed by atoms with Crippen LogP contribution in [0.5, 0.6) is 0 Å². The molecule has 1 saturated carbocycles. The summed E-state index contributed by atoms with van der Waals surface area (Å²) in [5.41, 5.74) is 5.80. The molecule has 5 aliphatic rings. The highest BCUT2D eigenvalue weighted by Gasteiger charge is 2.44. The first kappa shape index (κ1) is 20.8. The zero-order valence-corrected chi connectivity index (χ0v) is 19.3. The van der Waals surface area contributed by atoms with Crippen molar-refractivity contribution in [1.29, 1.82) is 0 Å². The summed E-state index contributed by atoms with van der Waals surface area (Å²) in [5.74, 6) is 2.24. The van der Waals surface area contributed by atoms with Gasteiger partial charge in [-0.05, 0) is 53.4 Å². The minimum Gasteiger partial charge on any atom is -0.342 e. The zero-order chi connectivity index (χ0) is 22.5. The molecule has 0 radical (unpaired) electrons. The van der Waals surface area contributed by atoms with Crippen LogP contribution in [0.4, 0.5) is 4.79 Å². The lowest BCUT2D eigenvalue weighted by molar-refractivity contribution is -0.128. The van der Waals surface area contributed by atoms with Crippen LogP contribution in [0.15, 0.2) is 48.5 Å². The summed E-state index contributed by atoms with van der Waals surface area (Å²) >= 11 is 0. The number of nitrogens with one attached hydrogen (secondary N) is 2. The fraction of sp³-hybridized carbons (Fsp3) is 0.500. The largest absolute Gasteiger partial charge is 0.342 e. The molecule has 33 heavy (non-hydrogen) atoms. The van der Waals surface area contributed by atoms with Crippen LogP contribution in [0, 0.1) is 17.8 Å². The van der Waals surface area contributed by atoms with E-state index in [9.17, 15) is 9.59 Å². The fourth-order valence-electron chi connectivity index (χ4n) is 7.31. The fourth-order valence-corrected chi connectivity index (χ4v) is 7.31. The lowest BCUT2D eigenvalue weighted by Gasteiger charge is -2.45. The first-order chi connectivity index (χ1) is 16.1. The molecule has 7 rings (SSSR count). The molecular weight excluding hydrogens is 410 g/mol. The number of rotatable bonds is 3. The highest BCUT2D eigenvalue weighted by molar-refractivity contribution is 5.75. The molecule has 2 aromatic rings. The van der Waals surface area contributed by atoms with Gasteiger partial charge in [0.05, 0.1) is 0 Å². The first-order valence-corrected chi connectivity index (χ1v) is 12.6. The Bertz CT molecular complexity index is 1030. The van der Waals surface area contributed by atoms with E-state index in [0.717, 1.165) is 38.8 Å². The molecule has 4 aliphatic carbocycles. The van der Waals surface area contributed by atoms with Crippen LogP contribution in [0.1, 0.15) is 66.7 Å². The maximum absolute atomic E-state index is 13.0. The third-order valence-corrected chi connectivity index (χ3v) is 8.81. The number of benzene rings is 2. The highest BCUT2D eigenvalue weighted by atomic mass is 16.2. The number of carbonyl (C=O) groups is 2. The lowest BCUT2D eigenvalue weighted by atomic mass is 9.59. The van der Waals surface area contributed by atoms with E-state index in [0.29, 0.717) is 36.1 Å². The topological polar surface area (TPSA) is 61.4 Å². The van der Waals surface area contributed by atoms with Gasteiger partial charge in [0, 0.05) is 50.4 Å². The van der Waals surface area contributed by atoms with Crippen LogP contribution < -0.4 is 10.6 Å². The molecule has 172 valence electrons. The van der Waals surface area contributed by atoms with Gasteiger partial charge in [-0.15, -0.1) is 0 Å². The third-order valence-electron chi connectivity index (χ3n) is 8.81. The van der Waals surface area contributed by atoms with E-state index in [1.54, 1.807) is 6.92 Å². The van der Waals surface area contributed by atoms with Gasteiger partial charge in [-0.1, -0.05) is 55.0 Å². The molecule has 0 spiro atoms. The molecule has 2 fully saturated rings. The summed E-state index contributed by atoms with van der Waals surface area (Å²) in [5, 5.41) is 6.51. The summed E-state index contributed by atoms with van der Waals surface area (Å²) in [7, 11) is 0. The van der Waals surface area contributed by atoms with E-state index >= 15 is 0 Å². The molecule has 4 atom stereocenters. The Labute approximate surface area is 195 Å². The molecule has 1 aliphatic heterocycles. The maximum Gasteiger partial charge on any atom is 0.315 e. The summed E-state index contributed by atoms with van der Waals surface area (Å²) in [4.78, 5) is 26.8. The molecular formula is C28H33N3O2. The minimum atomic E-state index is -0.0510. The van der Waals surface area contributed by atoms with Crippen LogP contribution in [-0.2, 0) is 4.79 Å². The van der Waals surface area contributed by atoms with Gasteiger partial charge in [-0.3, -0.25) is 4.79 Å². The molecule has 4 unspecified atom stereocenters. The van der Waals surface area contributed by atoms with Crippen molar-refractivity contribution in [1.82, 2.24) is 15.5 Å². The van der Waals surface area contributed by atoms with E-state index < -0.39 is 0 Å². The quantitative estimate of drug-likeness (QED) is 0.746.